The van der Waals surface area contributed by atoms with Gasteiger partial charge in [-0.1, -0.05) is 17.7 Å². The highest BCUT2D eigenvalue weighted by Crippen LogP contribution is 2.32. The summed E-state index contributed by atoms with van der Waals surface area (Å²) in [7, 11) is -3.83. The summed E-state index contributed by atoms with van der Waals surface area (Å²) in [5.74, 6) is -0.993. The summed E-state index contributed by atoms with van der Waals surface area (Å²) >= 11 is 0. The zero-order chi connectivity index (χ0) is 22.6. The quantitative estimate of drug-likeness (QED) is 0.494. The molecule has 0 spiro atoms. The van der Waals surface area contributed by atoms with Gasteiger partial charge in [0, 0.05) is 5.69 Å². The third kappa shape index (κ3) is 5.80. The molecule has 164 valence electrons. The number of fused-ring (bicyclic) bond motifs is 1. The van der Waals surface area contributed by atoms with Crippen LogP contribution < -0.4 is 25.4 Å². The second-order valence-electron chi connectivity index (χ2n) is 6.92. The second kappa shape index (κ2) is 9.14. The maximum absolute atomic E-state index is 12.2. The summed E-state index contributed by atoms with van der Waals surface area (Å²) in [6, 6.07) is 10.9. The van der Waals surface area contributed by atoms with Crippen LogP contribution >= 0.6 is 0 Å². The smallest absolute Gasteiger partial charge is 0.265 e. The highest BCUT2D eigenvalue weighted by Gasteiger charge is 2.23. The van der Waals surface area contributed by atoms with Crippen LogP contribution in [0, 0.1) is 6.92 Å². The molecule has 0 radical (unpaired) electrons. The molecule has 1 aliphatic rings. The summed E-state index contributed by atoms with van der Waals surface area (Å²) in [5.41, 5.74) is 1.73. The maximum Gasteiger partial charge on any atom is 0.265 e. The van der Waals surface area contributed by atoms with Crippen LogP contribution in [0.1, 0.15) is 12.5 Å². The van der Waals surface area contributed by atoms with Gasteiger partial charge in [0.25, 0.3) is 5.91 Å². The first kappa shape index (κ1) is 22.2. The van der Waals surface area contributed by atoms with Gasteiger partial charge >= 0.3 is 0 Å². The van der Waals surface area contributed by atoms with E-state index < -0.39 is 34.5 Å². The van der Waals surface area contributed by atoms with E-state index in [0.717, 1.165) is 5.56 Å². The number of nitrogens with one attached hydrogen (secondary N) is 4. The van der Waals surface area contributed by atoms with Gasteiger partial charge < -0.3 is 20.7 Å². The Morgan fingerprint density at radius 3 is 2.48 bits per heavy atom. The fraction of sp³-hybridized carbons (Fsp3) is 0.250. The van der Waals surface area contributed by atoms with Crippen molar-refractivity contribution >= 4 is 39.1 Å². The molecule has 3 rings (SSSR count). The molecule has 10 nitrogen and oxygen atoms in total. The van der Waals surface area contributed by atoms with Crippen LogP contribution in [0.3, 0.4) is 0 Å². The van der Waals surface area contributed by atoms with Crippen molar-refractivity contribution in [1.29, 1.82) is 0 Å². The fourth-order valence-electron chi connectivity index (χ4n) is 2.69. The molecule has 2 aromatic rings. The molecule has 0 fully saturated rings. The van der Waals surface area contributed by atoms with Crippen molar-refractivity contribution in [3.63, 3.8) is 0 Å². The number of hydrogen-bond acceptors (Lipinski definition) is 6. The SMILES string of the molecule is Cc1ccc(S(=O)(=O)NCC(=O)NCC(=O)Nc2ccc3c(c2)NC(=O)[C@@H](C)O3)cc1. The first-order valence-corrected chi connectivity index (χ1v) is 10.9. The molecule has 4 N–H and O–H groups in total. The number of ether oxygens (including phenoxy) is 1. The molecule has 3 amide bonds. The monoisotopic (exact) mass is 446 g/mol. The molecule has 0 unspecified atom stereocenters. The Kier molecular flexibility index (Phi) is 6.56. The highest BCUT2D eigenvalue weighted by molar-refractivity contribution is 7.89. The minimum atomic E-state index is -3.83. The minimum absolute atomic E-state index is 0.0431. The number of amides is 3. The lowest BCUT2D eigenvalue weighted by Crippen LogP contribution is -2.40. The fourth-order valence-corrected chi connectivity index (χ4v) is 3.68. The van der Waals surface area contributed by atoms with Crippen molar-refractivity contribution in [1.82, 2.24) is 10.0 Å². The van der Waals surface area contributed by atoms with Crippen LogP contribution in [-0.4, -0.2) is 45.3 Å². The van der Waals surface area contributed by atoms with Crippen LogP contribution in [0.2, 0.25) is 0 Å². The zero-order valence-corrected chi connectivity index (χ0v) is 17.7. The number of anilines is 2. The van der Waals surface area contributed by atoms with Gasteiger partial charge in [-0.25, -0.2) is 13.1 Å². The Balaban J connectivity index is 1.47. The Hall–Kier alpha value is -3.44. The molecule has 1 aliphatic heterocycles. The third-order valence-electron chi connectivity index (χ3n) is 4.39. The summed E-state index contributed by atoms with van der Waals surface area (Å²) < 4.78 is 32.0. The summed E-state index contributed by atoms with van der Waals surface area (Å²) in [6.45, 7) is 2.58. The number of benzene rings is 2. The Morgan fingerprint density at radius 2 is 1.77 bits per heavy atom. The van der Waals surface area contributed by atoms with Crippen molar-refractivity contribution in [3.8, 4) is 5.75 Å². The highest BCUT2D eigenvalue weighted by atomic mass is 32.2. The molecule has 1 heterocycles. The van der Waals surface area contributed by atoms with Gasteiger partial charge in [-0.3, -0.25) is 14.4 Å². The van der Waals surface area contributed by atoms with E-state index in [-0.39, 0.29) is 17.3 Å². The van der Waals surface area contributed by atoms with E-state index in [0.29, 0.717) is 17.1 Å². The Bertz CT molecular complexity index is 1110. The average molecular weight is 446 g/mol. The molecule has 2 aromatic carbocycles. The van der Waals surface area contributed by atoms with Gasteiger partial charge in [0.2, 0.25) is 21.8 Å². The third-order valence-corrected chi connectivity index (χ3v) is 5.81. The van der Waals surface area contributed by atoms with E-state index in [1.807, 2.05) is 6.92 Å². The van der Waals surface area contributed by atoms with Crippen LogP contribution in [0.5, 0.6) is 5.75 Å². The van der Waals surface area contributed by atoms with Gasteiger partial charge in [-0.15, -0.1) is 0 Å². The van der Waals surface area contributed by atoms with Gasteiger partial charge in [0.05, 0.1) is 23.7 Å². The van der Waals surface area contributed by atoms with E-state index in [1.54, 1.807) is 31.2 Å². The largest absolute Gasteiger partial charge is 0.479 e. The number of carbonyl (C=O) groups is 3. The van der Waals surface area contributed by atoms with Crippen molar-refractivity contribution in [3.05, 3.63) is 48.0 Å². The summed E-state index contributed by atoms with van der Waals surface area (Å²) in [6.07, 6.45) is -0.605. The predicted molar refractivity (Wildman–Crippen MR) is 113 cm³/mol. The van der Waals surface area contributed by atoms with Crippen LogP contribution in [0.25, 0.3) is 0 Å². The molecule has 0 saturated heterocycles. The van der Waals surface area contributed by atoms with Crippen LogP contribution in [0.4, 0.5) is 11.4 Å². The molecular formula is C20H22N4O6S. The number of carbonyl (C=O) groups excluding carboxylic acids is 3. The lowest BCUT2D eigenvalue weighted by atomic mass is 10.2. The lowest BCUT2D eigenvalue weighted by Gasteiger charge is -2.23. The summed E-state index contributed by atoms with van der Waals surface area (Å²) in [5, 5.41) is 7.59. The molecule has 0 bridgehead atoms. The normalized spacial score (nSPS) is 15.3. The number of aryl methyl sites for hydroxylation is 1. The van der Waals surface area contributed by atoms with Gasteiger partial charge in [-0.2, -0.15) is 0 Å². The number of sulfonamides is 1. The molecule has 0 aliphatic carbocycles. The van der Waals surface area contributed by atoms with Gasteiger partial charge in [0.15, 0.2) is 6.10 Å². The second-order valence-corrected chi connectivity index (χ2v) is 8.69. The summed E-state index contributed by atoms with van der Waals surface area (Å²) in [4.78, 5) is 35.7. The average Bonchev–Trinajstić information content (AvgIpc) is 2.72. The Labute approximate surface area is 179 Å². The Morgan fingerprint density at radius 1 is 1.06 bits per heavy atom. The minimum Gasteiger partial charge on any atom is -0.479 e. The van der Waals surface area contributed by atoms with E-state index >= 15 is 0 Å². The van der Waals surface area contributed by atoms with E-state index in [9.17, 15) is 22.8 Å². The lowest BCUT2D eigenvalue weighted by molar-refractivity contribution is -0.123. The standard InChI is InChI=1S/C20H22N4O6S/c1-12-3-6-15(7-4-12)31(28,29)22-11-18(25)21-10-19(26)23-14-5-8-17-16(9-14)24-20(27)13(2)30-17/h3-9,13,22H,10-11H2,1-2H3,(H,21,25)(H,23,26)(H,24,27)/t13-/m1/s1. The van der Waals surface area contributed by atoms with E-state index in [1.165, 1.54) is 18.2 Å². The number of rotatable bonds is 7. The van der Waals surface area contributed by atoms with Crippen LogP contribution in [-0.2, 0) is 24.4 Å². The van der Waals surface area contributed by atoms with Gasteiger partial charge in [-0.05, 0) is 44.2 Å². The van der Waals surface area contributed by atoms with Gasteiger partial charge in [0.1, 0.15) is 5.75 Å². The molecule has 31 heavy (non-hydrogen) atoms. The first-order valence-electron chi connectivity index (χ1n) is 9.38. The zero-order valence-electron chi connectivity index (χ0n) is 16.9. The first-order chi connectivity index (χ1) is 14.6. The van der Waals surface area contributed by atoms with Crippen molar-refractivity contribution in [2.75, 3.05) is 23.7 Å². The van der Waals surface area contributed by atoms with E-state index in [2.05, 4.69) is 20.7 Å². The molecular weight excluding hydrogens is 424 g/mol. The van der Waals surface area contributed by atoms with E-state index in [4.69, 9.17) is 4.74 Å². The molecule has 1 atom stereocenters. The van der Waals surface area contributed by atoms with Crippen LogP contribution in [0.15, 0.2) is 47.4 Å². The predicted octanol–water partition coefficient (Wildman–Crippen LogP) is 0.748. The van der Waals surface area contributed by atoms with Crippen molar-refractivity contribution in [2.45, 2.75) is 24.8 Å². The van der Waals surface area contributed by atoms with Crippen molar-refractivity contribution < 1.29 is 27.5 Å². The number of hydrogen-bond donors (Lipinski definition) is 4. The maximum atomic E-state index is 12.2. The topological polar surface area (TPSA) is 143 Å². The molecule has 0 saturated carbocycles. The molecule has 0 aromatic heterocycles. The van der Waals surface area contributed by atoms with Crippen molar-refractivity contribution in [2.24, 2.45) is 0 Å². The molecule has 11 heteroatoms.